The summed E-state index contributed by atoms with van der Waals surface area (Å²) in [5.74, 6) is 1.28. The van der Waals surface area contributed by atoms with Gasteiger partial charge in [0, 0.05) is 11.8 Å². The van der Waals surface area contributed by atoms with E-state index in [4.69, 9.17) is 9.98 Å². The number of amidine groups is 1. The van der Waals surface area contributed by atoms with E-state index in [1.54, 1.807) is 29.7 Å². The Bertz CT molecular complexity index is 1020. The number of nitrogens with zero attached hydrogens (tertiary/aromatic N) is 3. The van der Waals surface area contributed by atoms with E-state index in [0.29, 0.717) is 6.04 Å². The molecule has 1 unspecified atom stereocenters. The molecule has 2 aliphatic rings. The lowest BCUT2D eigenvalue weighted by Crippen LogP contribution is -2.21. The lowest BCUT2D eigenvalue weighted by molar-refractivity contribution is 0.626. The summed E-state index contributed by atoms with van der Waals surface area (Å²) in [7, 11) is 0. The van der Waals surface area contributed by atoms with Crippen molar-refractivity contribution in [2.24, 2.45) is 9.98 Å². The van der Waals surface area contributed by atoms with Crippen molar-refractivity contribution in [3.05, 3.63) is 81.9 Å². The summed E-state index contributed by atoms with van der Waals surface area (Å²) < 4.78 is 13.5. The van der Waals surface area contributed by atoms with E-state index < -0.39 is 0 Å². The van der Waals surface area contributed by atoms with Gasteiger partial charge in [0.25, 0.3) is 0 Å². The molecule has 5 rings (SSSR count). The van der Waals surface area contributed by atoms with Crippen LogP contribution in [-0.2, 0) is 0 Å². The molecule has 0 amide bonds. The Morgan fingerprint density at radius 2 is 1.93 bits per heavy atom. The Morgan fingerprint density at radius 3 is 2.67 bits per heavy atom. The van der Waals surface area contributed by atoms with Gasteiger partial charge in [0.1, 0.15) is 23.5 Å². The normalized spacial score (nSPS) is 20.6. The number of halogens is 1. The SMILES string of the molecule is Fc1ccc(C2N=C(c3cccs3)c3cccnc3NC2=NC2CC2)cc1. The Balaban J connectivity index is 1.71. The van der Waals surface area contributed by atoms with Crippen LogP contribution in [0, 0.1) is 5.82 Å². The monoisotopic (exact) mass is 376 g/mol. The number of benzene rings is 1. The van der Waals surface area contributed by atoms with Gasteiger partial charge in [0.15, 0.2) is 0 Å². The summed E-state index contributed by atoms with van der Waals surface area (Å²) in [6, 6.07) is 14.5. The summed E-state index contributed by atoms with van der Waals surface area (Å²) in [6.07, 6.45) is 3.96. The second-order valence-electron chi connectivity index (χ2n) is 6.68. The molecule has 0 spiro atoms. The molecule has 0 radical (unpaired) electrons. The van der Waals surface area contributed by atoms with Crippen molar-refractivity contribution >= 4 is 28.7 Å². The lowest BCUT2D eigenvalue weighted by Gasteiger charge is -2.16. The molecule has 1 atom stereocenters. The molecule has 1 aromatic carbocycles. The van der Waals surface area contributed by atoms with E-state index in [9.17, 15) is 4.39 Å². The van der Waals surface area contributed by atoms with Crippen molar-refractivity contribution in [2.45, 2.75) is 24.9 Å². The Hall–Kier alpha value is -2.86. The molecule has 6 heteroatoms. The van der Waals surface area contributed by atoms with E-state index in [1.807, 2.05) is 23.6 Å². The number of hydrogen-bond donors (Lipinski definition) is 1. The van der Waals surface area contributed by atoms with Crippen LogP contribution in [0.3, 0.4) is 0 Å². The minimum Gasteiger partial charge on any atom is -0.326 e. The van der Waals surface area contributed by atoms with Crippen LogP contribution in [0.25, 0.3) is 0 Å². The maximum Gasteiger partial charge on any atom is 0.140 e. The quantitative estimate of drug-likeness (QED) is 0.711. The first-order chi connectivity index (χ1) is 13.3. The number of nitrogens with one attached hydrogen (secondary N) is 1. The highest BCUT2D eigenvalue weighted by Gasteiger charge is 2.29. The second-order valence-corrected chi connectivity index (χ2v) is 7.63. The number of hydrogen-bond acceptors (Lipinski definition) is 4. The number of pyridine rings is 1. The van der Waals surface area contributed by atoms with E-state index in [-0.39, 0.29) is 11.9 Å². The summed E-state index contributed by atoms with van der Waals surface area (Å²) in [4.78, 5) is 15.6. The molecule has 1 aliphatic heterocycles. The molecule has 134 valence electrons. The number of thiophene rings is 1. The molecule has 0 bridgehead atoms. The zero-order valence-electron chi connectivity index (χ0n) is 14.5. The van der Waals surface area contributed by atoms with Crippen LogP contribution in [-0.4, -0.2) is 22.6 Å². The molecule has 4 nitrogen and oxygen atoms in total. The number of aromatic nitrogens is 1. The molecule has 1 N–H and O–H groups in total. The molecule has 3 heterocycles. The molecular weight excluding hydrogens is 359 g/mol. The van der Waals surface area contributed by atoms with Crippen molar-refractivity contribution in [3.63, 3.8) is 0 Å². The van der Waals surface area contributed by atoms with Crippen LogP contribution in [0.4, 0.5) is 10.2 Å². The van der Waals surface area contributed by atoms with Gasteiger partial charge in [0.05, 0.1) is 16.6 Å². The second kappa shape index (κ2) is 6.70. The van der Waals surface area contributed by atoms with E-state index >= 15 is 0 Å². The van der Waals surface area contributed by atoms with Crippen LogP contribution in [0.5, 0.6) is 0 Å². The van der Waals surface area contributed by atoms with Crippen LogP contribution >= 0.6 is 11.3 Å². The van der Waals surface area contributed by atoms with Crippen molar-refractivity contribution < 1.29 is 4.39 Å². The standard InChI is InChI=1S/C21H17FN4S/c22-14-7-5-13(6-8-14)18-21(24-15-9-10-15)26-20-16(3-1-11-23-20)19(25-18)17-4-2-12-27-17/h1-8,11-12,15,18H,9-10H2,(H,23,24,26). The molecule has 0 saturated heterocycles. The van der Waals surface area contributed by atoms with Crippen LogP contribution < -0.4 is 5.32 Å². The van der Waals surface area contributed by atoms with Crippen LogP contribution in [0.15, 0.2) is 70.1 Å². The molecule has 1 aliphatic carbocycles. The van der Waals surface area contributed by atoms with Gasteiger partial charge in [-0.05, 0) is 54.1 Å². The van der Waals surface area contributed by atoms with Crippen molar-refractivity contribution in [2.75, 3.05) is 5.32 Å². The number of anilines is 1. The minimum atomic E-state index is -0.322. The maximum absolute atomic E-state index is 13.5. The van der Waals surface area contributed by atoms with Gasteiger partial charge in [-0.15, -0.1) is 11.3 Å². The van der Waals surface area contributed by atoms with Crippen LogP contribution in [0.2, 0.25) is 0 Å². The molecule has 1 saturated carbocycles. The summed E-state index contributed by atoms with van der Waals surface area (Å²) >= 11 is 1.64. The van der Waals surface area contributed by atoms with Gasteiger partial charge in [-0.1, -0.05) is 18.2 Å². The summed E-state index contributed by atoms with van der Waals surface area (Å²) in [5.41, 5.74) is 2.74. The van der Waals surface area contributed by atoms with E-state index in [0.717, 1.165) is 46.2 Å². The molecular formula is C21H17FN4S. The third-order valence-corrected chi connectivity index (χ3v) is 5.51. The minimum absolute atomic E-state index is 0.256. The average molecular weight is 376 g/mol. The first-order valence-corrected chi connectivity index (χ1v) is 9.83. The molecule has 27 heavy (non-hydrogen) atoms. The van der Waals surface area contributed by atoms with E-state index in [2.05, 4.69) is 16.4 Å². The van der Waals surface area contributed by atoms with Gasteiger partial charge < -0.3 is 5.32 Å². The fourth-order valence-electron chi connectivity index (χ4n) is 3.14. The largest absolute Gasteiger partial charge is 0.326 e. The van der Waals surface area contributed by atoms with Crippen molar-refractivity contribution in [1.29, 1.82) is 0 Å². The third-order valence-electron chi connectivity index (χ3n) is 4.64. The molecule has 2 aromatic heterocycles. The van der Waals surface area contributed by atoms with Crippen molar-refractivity contribution in [1.82, 2.24) is 4.98 Å². The summed E-state index contributed by atoms with van der Waals surface area (Å²) in [5, 5.41) is 5.46. The zero-order valence-corrected chi connectivity index (χ0v) is 15.3. The highest BCUT2D eigenvalue weighted by molar-refractivity contribution is 7.12. The predicted octanol–water partition coefficient (Wildman–Crippen LogP) is 4.85. The van der Waals surface area contributed by atoms with Gasteiger partial charge in [0.2, 0.25) is 0 Å². The number of rotatable bonds is 3. The Morgan fingerprint density at radius 1 is 1.07 bits per heavy atom. The third kappa shape index (κ3) is 3.28. The molecule has 1 fully saturated rings. The zero-order chi connectivity index (χ0) is 18.2. The highest BCUT2D eigenvalue weighted by Crippen LogP contribution is 2.33. The van der Waals surface area contributed by atoms with Gasteiger partial charge >= 0.3 is 0 Å². The fraction of sp³-hybridized carbons (Fsp3) is 0.190. The van der Waals surface area contributed by atoms with Crippen molar-refractivity contribution in [3.8, 4) is 0 Å². The fourth-order valence-corrected chi connectivity index (χ4v) is 3.87. The van der Waals surface area contributed by atoms with E-state index in [1.165, 1.54) is 12.1 Å². The number of fused-ring (bicyclic) bond motifs is 1. The molecule has 3 aromatic rings. The Kier molecular flexibility index (Phi) is 4.05. The number of aliphatic imine (C=N–C) groups is 2. The lowest BCUT2D eigenvalue weighted by atomic mass is 10.1. The first kappa shape index (κ1) is 16.3. The van der Waals surface area contributed by atoms with Gasteiger partial charge in [-0.2, -0.15) is 0 Å². The van der Waals surface area contributed by atoms with Gasteiger partial charge in [-0.25, -0.2) is 9.37 Å². The van der Waals surface area contributed by atoms with Gasteiger partial charge in [-0.3, -0.25) is 9.98 Å². The smallest absolute Gasteiger partial charge is 0.140 e. The topological polar surface area (TPSA) is 49.6 Å². The first-order valence-electron chi connectivity index (χ1n) is 8.95. The average Bonchev–Trinajstić information content (AvgIpc) is 3.38. The van der Waals surface area contributed by atoms with Crippen LogP contribution in [0.1, 0.15) is 34.9 Å². The highest BCUT2D eigenvalue weighted by atomic mass is 32.1. The predicted molar refractivity (Wildman–Crippen MR) is 107 cm³/mol. The Labute approximate surface area is 160 Å². The summed E-state index contributed by atoms with van der Waals surface area (Å²) in [6.45, 7) is 0. The maximum atomic E-state index is 13.5.